The predicted molar refractivity (Wildman–Crippen MR) is 246 cm³/mol. The number of likely N-dealkylation sites (tertiary alicyclic amines) is 1. The Morgan fingerprint density at radius 1 is 0.723 bits per heavy atom. The number of rotatable bonds is 30. The molecule has 0 saturated carbocycles. The van der Waals surface area contributed by atoms with E-state index in [0.29, 0.717) is 89.4 Å². The number of fused-ring (bicyclic) bond motifs is 1. The number of unbranched alkanes of at least 4 members (excludes halogenated alkanes) is 3. The van der Waals surface area contributed by atoms with E-state index < -0.39 is 84.2 Å². The molecule has 1 saturated heterocycles. The van der Waals surface area contributed by atoms with Crippen molar-refractivity contribution in [2.24, 2.45) is 39.4 Å². The van der Waals surface area contributed by atoms with Gasteiger partial charge in [-0.25, -0.2) is 4.79 Å². The summed E-state index contributed by atoms with van der Waals surface area (Å²) in [5, 5.41) is 24.2. The third kappa shape index (κ3) is 18.3. The summed E-state index contributed by atoms with van der Waals surface area (Å²) in [5.74, 6) is -5.02. The van der Waals surface area contributed by atoms with Gasteiger partial charge in [0.25, 0.3) is 0 Å². The van der Waals surface area contributed by atoms with Gasteiger partial charge in [-0.05, 0) is 121 Å². The summed E-state index contributed by atoms with van der Waals surface area (Å²) in [5.41, 5.74) is 35.3. The summed E-state index contributed by atoms with van der Waals surface area (Å²) in [6.07, 6.45) is 7.40. The van der Waals surface area contributed by atoms with Gasteiger partial charge >= 0.3 is 5.97 Å². The molecule has 2 aromatic rings. The van der Waals surface area contributed by atoms with Gasteiger partial charge in [-0.1, -0.05) is 18.2 Å². The molecule has 1 aliphatic rings. The fraction of sp³-hybridized carbons (Fsp3) is 0.628. The minimum Gasteiger partial charge on any atom is -0.480 e. The topological polar surface area (TPSA) is 387 Å². The summed E-state index contributed by atoms with van der Waals surface area (Å²) < 4.78 is 0. The van der Waals surface area contributed by atoms with Crippen LogP contribution in [0.25, 0.3) is 10.9 Å². The van der Waals surface area contributed by atoms with Crippen molar-refractivity contribution in [2.45, 2.75) is 133 Å². The van der Waals surface area contributed by atoms with Crippen LogP contribution in [-0.4, -0.2) is 138 Å². The average molecular weight is 913 g/mol. The molecule has 65 heavy (non-hydrogen) atoms. The quantitative estimate of drug-likeness (QED) is 0.0229. The number of carbonyl (C=O) groups excluding carboxylic acids is 6. The maximum Gasteiger partial charge on any atom is 0.326 e. The lowest BCUT2D eigenvalue weighted by molar-refractivity contribution is -0.143. The van der Waals surface area contributed by atoms with Crippen molar-refractivity contribution in [1.29, 1.82) is 0 Å². The molecule has 1 aromatic heterocycles. The number of guanidine groups is 1. The standard InChI is InChI=1S/C43H72N14O8/c44-19-7-3-15-31(38(60)55-33(42(64)65)17-5-9-21-46)53-40(62)34(24-27-25-51-30-14-2-1-12-28(27)30)56-39(61)32(16-4-8-20-45)54-41(63)35-18-6-10-23-57(35)36(58)26-52-37(59)29(47)13-11-22-50-43(48)49/h1-2,12,14,25,29,31-35,51H,3-11,13,15-24,26,44-47H2,(H,52,59)(H,53,62)(H,54,63)(H,55,60)(H,56,61)(H,64,65)(H4,48,49,50)/t29-,31-,32-,33-,34-,35-/m0/s1. The molecule has 6 amide bonds. The van der Waals surface area contributed by atoms with Crippen LogP contribution in [0.1, 0.15) is 95.5 Å². The zero-order valence-corrected chi connectivity index (χ0v) is 37.4. The highest BCUT2D eigenvalue weighted by molar-refractivity contribution is 5.97. The molecule has 362 valence electrons. The second-order valence-corrected chi connectivity index (χ2v) is 16.4. The molecule has 0 bridgehead atoms. The monoisotopic (exact) mass is 913 g/mol. The number of carbonyl (C=O) groups is 7. The maximum absolute atomic E-state index is 14.4. The van der Waals surface area contributed by atoms with Crippen molar-refractivity contribution >= 4 is 58.3 Å². The van der Waals surface area contributed by atoms with Gasteiger partial charge in [0.15, 0.2) is 5.96 Å². The number of nitrogens with one attached hydrogen (secondary N) is 6. The Bertz CT molecular complexity index is 1890. The van der Waals surface area contributed by atoms with Crippen LogP contribution in [0, 0.1) is 0 Å². The smallest absolute Gasteiger partial charge is 0.326 e. The zero-order valence-electron chi connectivity index (χ0n) is 37.4. The van der Waals surface area contributed by atoms with E-state index in [1.165, 1.54) is 4.90 Å². The summed E-state index contributed by atoms with van der Waals surface area (Å²) in [7, 11) is 0. The van der Waals surface area contributed by atoms with E-state index in [4.69, 9.17) is 34.4 Å². The third-order valence-corrected chi connectivity index (χ3v) is 11.3. The highest BCUT2D eigenvalue weighted by Gasteiger charge is 2.36. The molecular formula is C43H72N14O8. The van der Waals surface area contributed by atoms with Gasteiger partial charge in [0.05, 0.1) is 12.6 Å². The molecule has 0 unspecified atom stereocenters. The van der Waals surface area contributed by atoms with Gasteiger partial charge in [-0.15, -0.1) is 0 Å². The van der Waals surface area contributed by atoms with Gasteiger partial charge in [0.2, 0.25) is 35.4 Å². The molecule has 6 atom stereocenters. The lowest BCUT2D eigenvalue weighted by Crippen LogP contribution is -2.60. The fourth-order valence-corrected chi connectivity index (χ4v) is 7.64. The number of aromatic nitrogens is 1. The third-order valence-electron chi connectivity index (χ3n) is 11.3. The first-order valence-corrected chi connectivity index (χ1v) is 22.7. The molecule has 3 rings (SSSR count). The van der Waals surface area contributed by atoms with Crippen LogP contribution < -0.4 is 61.0 Å². The molecule has 19 N–H and O–H groups in total. The first-order chi connectivity index (χ1) is 31.2. The second kappa shape index (κ2) is 28.8. The Morgan fingerprint density at radius 3 is 1.91 bits per heavy atom. The highest BCUT2D eigenvalue weighted by atomic mass is 16.4. The van der Waals surface area contributed by atoms with Crippen LogP contribution >= 0.6 is 0 Å². The van der Waals surface area contributed by atoms with E-state index in [1.807, 2.05) is 24.3 Å². The molecule has 0 spiro atoms. The van der Waals surface area contributed by atoms with Gasteiger partial charge in [-0.3, -0.25) is 33.8 Å². The van der Waals surface area contributed by atoms with Gasteiger partial charge in [0, 0.05) is 36.6 Å². The number of aromatic amines is 1. The second-order valence-electron chi connectivity index (χ2n) is 16.4. The Morgan fingerprint density at radius 2 is 1.29 bits per heavy atom. The van der Waals surface area contributed by atoms with Crippen molar-refractivity contribution in [2.75, 3.05) is 39.3 Å². The zero-order chi connectivity index (χ0) is 47.7. The fourth-order valence-electron chi connectivity index (χ4n) is 7.64. The Labute approximate surface area is 379 Å². The van der Waals surface area contributed by atoms with Crippen LogP contribution in [-0.2, 0) is 40.0 Å². The number of aliphatic carboxylic acids is 1. The molecule has 1 aromatic carbocycles. The number of carboxylic acids is 1. The Kier molecular flexibility index (Phi) is 23.7. The molecule has 1 aliphatic heterocycles. The molecule has 0 aliphatic carbocycles. The number of amides is 6. The number of piperidine rings is 1. The molecule has 1 fully saturated rings. The van der Waals surface area contributed by atoms with Crippen LogP contribution in [0.3, 0.4) is 0 Å². The lowest BCUT2D eigenvalue weighted by Gasteiger charge is -2.35. The number of hydrogen-bond donors (Lipinski definition) is 13. The van der Waals surface area contributed by atoms with Crippen molar-refractivity contribution in [3.05, 3.63) is 36.0 Å². The molecule has 22 heteroatoms. The van der Waals surface area contributed by atoms with Crippen LogP contribution in [0.15, 0.2) is 35.5 Å². The molecule has 22 nitrogen and oxygen atoms in total. The van der Waals surface area contributed by atoms with Crippen LogP contribution in [0.5, 0.6) is 0 Å². The minimum atomic E-state index is -1.27. The number of nitrogens with zero attached hydrogens (tertiary/aromatic N) is 2. The van der Waals surface area contributed by atoms with Crippen molar-refractivity contribution in [3.8, 4) is 0 Å². The normalized spacial score (nSPS) is 16.0. The Hall–Kier alpha value is -5.84. The van der Waals surface area contributed by atoms with Crippen LogP contribution in [0.2, 0.25) is 0 Å². The maximum atomic E-state index is 14.4. The largest absolute Gasteiger partial charge is 0.480 e. The number of carboxylic acid groups (broad SMARTS) is 1. The van der Waals surface area contributed by atoms with Gasteiger partial charge in [0.1, 0.15) is 30.2 Å². The Balaban J connectivity index is 1.84. The van der Waals surface area contributed by atoms with E-state index in [0.717, 1.165) is 10.9 Å². The number of para-hydroxylation sites is 1. The molecule has 0 radical (unpaired) electrons. The van der Waals surface area contributed by atoms with Gasteiger partial charge < -0.3 is 76.0 Å². The average Bonchev–Trinajstić information content (AvgIpc) is 3.70. The van der Waals surface area contributed by atoms with Crippen molar-refractivity contribution in [1.82, 2.24) is 36.5 Å². The number of aliphatic imine (C=N–C) groups is 1. The summed E-state index contributed by atoms with van der Waals surface area (Å²) in [4.78, 5) is 103. The summed E-state index contributed by atoms with van der Waals surface area (Å²) >= 11 is 0. The first kappa shape index (κ1) is 53.5. The number of hydrogen-bond acceptors (Lipinski definition) is 12. The van der Waals surface area contributed by atoms with Gasteiger partial charge in [-0.2, -0.15) is 0 Å². The van der Waals surface area contributed by atoms with Crippen molar-refractivity contribution < 1.29 is 38.7 Å². The first-order valence-electron chi connectivity index (χ1n) is 22.7. The number of benzene rings is 1. The van der Waals surface area contributed by atoms with E-state index >= 15 is 0 Å². The lowest BCUT2D eigenvalue weighted by atomic mass is 9.99. The number of H-pyrrole nitrogens is 1. The van der Waals surface area contributed by atoms with E-state index in [1.54, 1.807) is 6.20 Å². The number of nitrogens with two attached hydrogens (primary N) is 6. The van der Waals surface area contributed by atoms with Crippen molar-refractivity contribution in [3.63, 3.8) is 0 Å². The SMILES string of the molecule is NCCCC[C@H](NC(=O)[C@H](CCCCN)NC(=O)[C@H](Cc1c[nH]c2ccccc12)NC(=O)[C@H](CCCCN)NC(=O)[C@@H]1CCCCN1C(=O)CNC(=O)[C@@H](N)CCCN=C(N)N)C(=O)O. The molecule has 2 heterocycles. The highest BCUT2D eigenvalue weighted by Crippen LogP contribution is 2.21. The molecular weight excluding hydrogens is 841 g/mol. The van der Waals surface area contributed by atoms with Crippen LogP contribution in [0.4, 0.5) is 0 Å². The van der Waals surface area contributed by atoms with E-state index in [9.17, 15) is 38.7 Å². The van der Waals surface area contributed by atoms with E-state index in [2.05, 4.69) is 36.6 Å². The summed E-state index contributed by atoms with van der Waals surface area (Å²) in [6.45, 7) is 1.16. The minimum absolute atomic E-state index is 0.0183. The summed E-state index contributed by atoms with van der Waals surface area (Å²) in [6, 6.07) is 0.742. The van der Waals surface area contributed by atoms with E-state index in [-0.39, 0.29) is 51.2 Å². The predicted octanol–water partition coefficient (Wildman–Crippen LogP) is -2.00.